The lowest BCUT2D eigenvalue weighted by Crippen LogP contribution is -2.33. The minimum Gasteiger partial charge on any atom is -0.396 e. The van der Waals surface area contributed by atoms with Crippen molar-refractivity contribution in [3.05, 3.63) is 0 Å². The normalized spacial score (nSPS) is 27.9. The van der Waals surface area contributed by atoms with E-state index in [0.29, 0.717) is 6.04 Å². The van der Waals surface area contributed by atoms with Gasteiger partial charge in [-0.3, -0.25) is 5.32 Å². The molecule has 0 aromatic carbocycles. The summed E-state index contributed by atoms with van der Waals surface area (Å²) in [5.41, 5.74) is 0. The van der Waals surface area contributed by atoms with Gasteiger partial charge in [-0.1, -0.05) is 84.0 Å². The zero-order chi connectivity index (χ0) is 18.5. The van der Waals surface area contributed by atoms with Crippen LogP contribution in [0.1, 0.15) is 103 Å². The molecule has 0 bridgehead atoms. The fraction of sp³-hybridized carbons (Fsp3) is 1.00. The van der Waals surface area contributed by atoms with Crippen molar-refractivity contribution in [2.45, 2.75) is 128 Å². The van der Waals surface area contributed by atoms with Crippen molar-refractivity contribution in [3.63, 3.8) is 0 Å². The van der Waals surface area contributed by atoms with Gasteiger partial charge in [-0.2, -0.15) is 0 Å². The lowest BCUT2D eigenvalue weighted by Gasteiger charge is -2.18. The number of aliphatic hydroxyl groups excluding tert-OH is 1. The summed E-state index contributed by atoms with van der Waals surface area (Å²) in [5, 5.41) is 12.5. The molecule has 2 N–H and O–H groups in total. The third kappa shape index (κ3) is 8.24. The predicted molar refractivity (Wildman–Crippen MR) is 107 cm³/mol. The Labute approximate surface area is 161 Å². The van der Waals surface area contributed by atoms with E-state index < -0.39 is 0 Å². The van der Waals surface area contributed by atoms with E-state index in [4.69, 9.17) is 14.6 Å². The van der Waals surface area contributed by atoms with Gasteiger partial charge in [0.2, 0.25) is 0 Å². The number of aliphatic hydroxyl groups is 1. The predicted octanol–water partition coefficient (Wildman–Crippen LogP) is 4.93. The lowest BCUT2D eigenvalue weighted by molar-refractivity contribution is -0.0377. The molecule has 26 heavy (non-hydrogen) atoms. The minimum atomic E-state index is 0.116. The Kier molecular flexibility index (Phi) is 11.9. The number of rotatable bonds is 16. The first kappa shape index (κ1) is 22.1. The average Bonchev–Trinajstić information content (AvgIpc) is 3.22. The summed E-state index contributed by atoms with van der Waals surface area (Å²) in [6, 6.07) is 0.362. The van der Waals surface area contributed by atoms with Gasteiger partial charge < -0.3 is 14.6 Å². The van der Waals surface area contributed by atoms with Crippen molar-refractivity contribution >= 4 is 0 Å². The van der Waals surface area contributed by atoms with E-state index in [1.54, 1.807) is 0 Å². The molecule has 4 atom stereocenters. The van der Waals surface area contributed by atoms with Gasteiger partial charge in [-0.05, 0) is 19.3 Å². The highest BCUT2D eigenvalue weighted by molar-refractivity contribution is 4.95. The van der Waals surface area contributed by atoms with Crippen LogP contribution in [-0.2, 0) is 9.47 Å². The van der Waals surface area contributed by atoms with E-state index >= 15 is 0 Å². The third-order valence-corrected chi connectivity index (χ3v) is 5.94. The maximum atomic E-state index is 8.95. The van der Waals surface area contributed by atoms with E-state index in [2.05, 4.69) is 12.2 Å². The smallest absolute Gasteiger partial charge is 0.109 e. The van der Waals surface area contributed by atoms with Crippen LogP contribution in [0, 0.1) is 0 Å². The Balaban J connectivity index is 1.40. The summed E-state index contributed by atoms with van der Waals surface area (Å²) in [6.45, 7) is 3.31. The summed E-state index contributed by atoms with van der Waals surface area (Å²) in [5.74, 6) is 0. The fourth-order valence-corrected chi connectivity index (χ4v) is 4.33. The number of ether oxygens (including phenoxy) is 2. The van der Waals surface area contributed by atoms with Gasteiger partial charge in [-0.15, -0.1) is 0 Å². The van der Waals surface area contributed by atoms with Crippen LogP contribution in [0.15, 0.2) is 0 Å². The summed E-state index contributed by atoms with van der Waals surface area (Å²) in [7, 11) is 0. The molecule has 2 aliphatic heterocycles. The second kappa shape index (κ2) is 13.9. The molecule has 2 heterocycles. The highest BCUT2D eigenvalue weighted by Crippen LogP contribution is 2.29. The maximum absolute atomic E-state index is 8.95. The van der Waals surface area contributed by atoms with Crippen LogP contribution in [0.4, 0.5) is 0 Å². The van der Waals surface area contributed by atoms with Crippen molar-refractivity contribution in [2.24, 2.45) is 0 Å². The van der Waals surface area contributed by atoms with Crippen molar-refractivity contribution < 1.29 is 14.6 Å². The monoisotopic (exact) mass is 369 g/mol. The zero-order valence-electron chi connectivity index (χ0n) is 17.1. The van der Waals surface area contributed by atoms with Gasteiger partial charge in [0.1, 0.15) is 12.3 Å². The number of unbranched alkanes of at least 4 members (excludes halogenated alkanes) is 11. The Morgan fingerprint density at radius 3 is 2.04 bits per heavy atom. The quantitative estimate of drug-likeness (QED) is 0.379. The molecule has 0 unspecified atom stereocenters. The maximum Gasteiger partial charge on any atom is 0.109 e. The number of nitrogens with one attached hydrogen (secondary N) is 1. The van der Waals surface area contributed by atoms with Gasteiger partial charge in [0.25, 0.3) is 0 Å². The fourth-order valence-electron chi connectivity index (χ4n) is 4.33. The van der Waals surface area contributed by atoms with E-state index in [1.165, 1.54) is 77.0 Å². The lowest BCUT2D eigenvalue weighted by atomic mass is 10.0. The molecule has 0 amide bonds. The molecule has 2 rings (SSSR count). The van der Waals surface area contributed by atoms with E-state index in [0.717, 1.165) is 25.9 Å². The molecular weight excluding hydrogens is 326 g/mol. The standard InChI is InChI=1S/C22H43NO3/c1-2-3-4-5-6-7-8-9-10-11-12-13-15-20-22-19(18-25-20)23-21(26-22)16-14-17-24/h19-24H,2-18H2,1H3/t19-,20-,21+,22-/m0/s1. The van der Waals surface area contributed by atoms with Crippen molar-refractivity contribution in [1.82, 2.24) is 5.32 Å². The molecule has 4 nitrogen and oxygen atoms in total. The summed E-state index contributed by atoms with van der Waals surface area (Å²) >= 11 is 0. The van der Waals surface area contributed by atoms with Crippen LogP contribution < -0.4 is 5.32 Å². The second-order valence-electron chi connectivity index (χ2n) is 8.28. The Morgan fingerprint density at radius 1 is 0.808 bits per heavy atom. The Bertz CT molecular complexity index is 339. The van der Waals surface area contributed by atoms with Crippen LogP contribution in [0.3, 0.4) is 0 Å². The van der Waals surface area contributed by atoms with Gasteiger partial charge in [-0.25, -0.2) is 0 Å². The molecule has 0 saturated carbocycles. The molecule has 0 spiro atoms. The first-order chi connectivity index (χ1) is 12.8. The summed E-state index contributed by atoms with van der Waals surface area (Å²) < 4.78 is 12.0. The van der Waals surface area contributed by atoms with Crippen LogP contribution >= 0.6 is 0 Å². The van der Waals surface area contributed by atoms with Crippen LogP contribution in [0.5, 0.6) is 0 Å². The van der Waals surface area contributed by atoms with Crippen LogP contribution in [-0.4, -0.2) is 42.8 Å². The minimum absolute atomic E-state index is 0.116. The third-order valence-electron chi connectivity index (χ3n) is 5.94. The largest absolute Gasteiger partial charge is 0.396 e. The average molecular weight is 370 g/mol. The Morgan fingerprint density at radius 2 is 1.42 bits per heavy atom. The molecule has 0 aromatic heterocycles. The number of hydrogen-bond acceptors (Lipinski definition) is 4. The Hall–Kier alpha value is -0.160. The molecule has 0 aromatic rings. The second-order valence-corrected chi connectivity index (χ2v) is 8.28. The van der Waals surface area contributed by atoms with E-state index in [-0.39, 0.29) is 25.0 Å². The van der Waals surface area contributed by atoms with Crippen LogP contribution in [0.2, 0.25) is 0 Å². The molecule has 0 radical (unpaired) electrons. The molecule has 2 aliphatic rings. The van der Waals surface area contributed by atoms with Crippen molar-refractivity contribution in [1.29, 1.82) is 0 Å². The van der Waals surface area contributed by atoms with Gasteiger partial charge in [0.15, 0.2) is 0 Å². The number of fused-ring (bicyclic) bond motifs is 1. The highest BCUT2D eigenvalue weighted by atomic mass is 16.6. The first-order valence-electron chi connectivity index (χ1n) is 11.5. The molecule has 2 saturated heterocycles. The van der Waals surface area contributed by atoms with Crippen LogP contribution in [0.25, 0.3) is 0 Å². The van der Waals surface area contributed by atoms with E-state index in [9.17, 15) is 0 Å². The molecule has 154 valence electrons. The molecule has 4 heteroatoms. The molecular formula is C22H43NO3. The first-order valence-corrected chi connectivity index (χ1v) is 11.5. The molecule has 2 fully saturated rings. The topological polar surface area (TPSA) is 50.7 Å². The van der Waals surface area contributed by atoms with Gasteiger partial charge in [0, 0.05) is 6.61 Å². The SMILES string of the molecule is CCCCCCCCCCCCCC[C@@H]1OC[C@@H]2N[C@@H](CCCO)O[C@@H]21. The van der Waals surface area contributed by atoms with Crippen molar-refractivity contribution in [3.8, 4) is 0 Å². The zero-order valence-corrected chi connectivity index (χ0v) is 17.1. The van der Waals surface area contributed by atoms with Crippen molar-refractivity contribution in [2.75, 3.05) is 13.2 Å². The van der Waals surface area contributed by atoms with Gasteiger partial charge >= 0.3 is 0 Å². The highest BCUT2D eigenvalue weighted by Gasteiger charge is 2.44. The number of hydrogen-bond donors (Lipinski definition) is 2. The summed E-state index contributed by atoms with van der Waals surface area (Å²) in [4.78, 5) is 0. The summed E-state index contributed by atoms with van der Waals surface area (Å²) in [6.07, 6.45) is 20.2. The molecule has 0 aliphatic carbocycles. The van der Waals surface area contributed by atoms with Gasteiger partial charge in [0.05, 0.1) is 18.8 Å². The van der Waals surface area contributed by atoms with E-state index in [1.807, 2.05) is 0 Å².